The predicted molar refractivity (Wildman–Crippen MR) is 93.0 cm³/mol. The highest BCUT2D eigenvalue weighted by molar-refractivity contribution is 5.89. The zero-order valence-electron chi connectivity index (χ0n) is 15.0. The second-order valence-electron chi connectivity index (χ2n) is 6.93. The van der Waals surface area contributed by atoms with Gasteiger partial charge in [0.05, 0.1) is 13.2 Å². The third kappa shape index (κ3) is 3.01. The summed E-state index contributed by atoms with van der Waals surface area (Å²) in [6, 6.07) is 0. The Labute approximate surface area is 163 Å². The monoisotopic (exact) mass is 416 g/mol. The molecule has 14 heteroatoms. The molecule has 1 aromatic heterocycles. The van der Waals surface area contributed by atoms with E-state index in [1.165, 1.54) is 0 Å². The number of anilines is 1. The molecule has 3 aliphatic rings. The maximum atomic E-state index is 10.6. The molecule has 0 spiro atoms. The number of quaternary nitrogens is 1. The second-order valence-corrected chi connectivity index (χ2v) is 6.93. The Morgan fingerprint density at radius 3 is 2.24 bits per heavy atom. The minimum Gasteiger partial charge on any atom is -0.394 e. The summed E-state index contributed by atoms with van der Waals surface area (Å²) in [6.07, 6.45) is -8.85. The summed E-state index contributed by atoms with van der Waals surface area (Å²) in [5.41, 5.74) is 5.94. The van der Waals surface area contributed by atoms with Crippen molar-refractivity contribution in [3.05, 3.63) is 6.33 Å². The normalized spacial score (nSPS) is 43.8. The molecule has 2 saturated heterocycles. The third-order valence-corrected chi connectivity index (χ3v) is 5.19. The first-order valence-corrected chi connectivity index (χ1v) is 8.82. The van der Waals surface area contributed by atoms with Crippen molar-refractivity contribution in [2.24, 2.45) is 4.99 Å². The number of nitrogens with two attached hydrogens (primary N) is 1. The summed E-state index contributed by atoms with van der Waals surface area (Å²) in [5.74, 6) is 0.0211. The van der Waals surface area contributed by atoms with Crippen LogP contribution in [0, 0.1) is 0 Å². The minimum absolute atomic E-state index is 0.00255. The van der Waals surface area contributed by atoms with Gasteiger partial charge >= 0.3 is 5.82 Å². The van der Waals surface area contributed by atoms with Crippen LogP contribution in [-0.2, 0) is 14.3 Å². The molecule has 1 aromatic rings. The van der Waals surface area contributed by atoms with Gasteiger partial charge in [-0.05, 0) is 0 Å². The third-order valence-electron chi connectivity index (χ3n) is 5.19. The Balaban J connectivity index is 1.75. The summed E-state index contributed by atoms with van der Waals surface area (Å²) >= 11 is 0. The van der Waals surface area contributed by atoms with E-state index in [4.69, 9.17) is 20.0 Å². The van der Waals surface area contributed by atoms with E-state index in [-0.39, 0.29) is 17.3 Å². The summed E-state index contributed by atoms with van der Waals surface area (Å²) in [6.45, 7) is -1.16. The number of rotatable bonds is 5. The number of nitrogen functional groups attached to an aromatic ring is 1. The molecule has 0 saturated carbocycles. The number of aliphatic imine (C=N–C) groups is 1. The van der Waals surface area contributed by atoms with Gasteiger partial charge in [-0.25, -0.2) is 4.98 Å². The van der Waals surface area contributed by atoms with Crippen molar-refractivity contribution in [3.8, 4) is 0 Å². The smallest absolute Gasteiger partial charge is 0.300 e. The van der Waals surface area contributed by atoms with Crippen LogP contribution in [0.4, 0.5) is 17.3 Å². The molecular formula is C15H22N5O9+. The van der Waals surface area contributed by atoms with Crippen molar-refractivity contribution in [1.82, 2.24) is 14.6 Å². The fourth-order valence-corrected chi connectivity index (χ4v) is 3.61. The quantitative estimate of drug-likeness (QED) is 0.228. The first-order chi connectivity index (χ1) is 13.8. The van der Waals surface area contributed by atoms with Crippen molar-refractivity contribution in [2.75, 3.05) is 18.9 Å². The Kier molecular flexibility index (Phi) is 5.24. The molecule has 29 heavy (non-hydrogen) atoms. The number of ether oxygens (including phenoxy) is 2. The van der Waals surface area contributed by atoms with Crippen LogP contribution in [0.25, 0.3) is 0 Å². The molecule has 4 rings (SSSR count). The Bertz CT molecular complexity index is 799. The minimum atomic E-state index is -1.56. The highest BCUT2D eigenvalue weighted by atomic mass is 16.8. The predicted octanol–water partition coefficient (Wildman–Crippen LogP) is -4.15. The molecule has 160 valence electrons. The van der Waals surface area contributed by atoms with Crippen LogP contribution < -0.4 is 10.4 Å². The number of nitrogens with zero attached hydrogens (tertiary/aromatic N) is 4. The van der Waals surface area contributed by atoms with Gasteiger partial charge in [0, 0.05) is 0 Å². The number of hydrogen-bond donors (Lipinski definition) is 7. The van der Waals surface area contributed by atoms with Crippen molar-refractivity contribution in [3.63, 3.8) is 0 Å². The lowest BCUT2D eigenvalue weighted by Crippen LogP contribution is -2.62. The summed E-state index contributed by atoms with van der Waals surface area (Å²) < 4.78 is 10.0. The number of aliphatic hydroxyl groups is 6. The van der Waals surface area contributed by atoms with Gasteiger partial charge < -0.3 is 45.8 Å². The van der Waals surface area contributed by atoms with E-state index < -0.39 is 67.0 Å². The highest BCUT2D eigenvalue weighted by Crippen LogP contribution is 2.45. The van der Waals surface area contributed by atoms with E-state index in [9.17, 15) is 30.6 Å². The van der Waals surface area contributed by atoms with E-state index in [1.807, 2.05) is 0 Å². The van der Waals surface area contributed by atoms with Crippen molar-refractivity contribution < 1.29 is 45.0 Å². The van der Waals surface area contributed by atoms with E-state index in [0.717, 1.165) is 12.7 Å². The van der Waals surface area contributed by atoms with Gasteiger partial charge in [0.15, 0.2) is 17.6 Å². The number of aliphatic hydroxyl groups excluding tert-OH is 6. The van der Waals surface area contributed by atoms with Gasteiger partial charge in [-0.15, -0.1) is 0 Å². The summed E-state index contributed by atoms with van der Waals surface area (Å²) in [7, 11) is 0. The van der Waals surface area contributed by atoms with Crippen molar-refractivity contribution in [2.45, 2.75) is 49.1 Å². The van der Waals surface area contributed by atoms with E-state index in [1.54, 1.807) is 0 Å². The van der Waals surface area contributed by atoms with Gasteiger partial charge in [-0.2, -0.15) is 14.8 Å². The van der Waals surface area contributed by atoms with Gasteiger partial charge in [0.1, 0.15) is 36.8 Å². The molecule has 0 aromatic carbocycles. The molecule has 8 N–H and O–H groups in total. The van der Waals surface area contributed by atoms with Gasteiger partial charge in [0.25, 0.3) is 6.23 Å². The number of fused-ring (bicyclic) bond motifs is 1. The molecule has 0 radical (unpaired) electrons. The first kappa shape index (κ1) is 20.4. The fourth-order valence-electron chi connectivity index (χ4n) is 3.61. The number of aromatic nitrogens is 2. The van der Waals surface area contributed by atoms with E-state index in [0.29, 0.717) is 0 Å². The average Bonchev–Trinajstić information content (AvgIpc) is 3.32. The zero-order valence-corrected chi connectivity index (χ0v) is 15.0. The molecule has 1 unspecified atom stereocenters. The lowest BCUT2D eigenvalue weighted by Gasteiger charge is -2.34. The second kappa shape index (κ2) is 7.44. The van der Waals surface area contributed by atoms with Crippen LogP contribution in [0.15, 0.2) is 11.3 Å². The molecule has 0 bridgehead atoms. The van der Waals surface area contributed by atoms with Crippen molar-refractivity contribution >= 4 is 23.7 Å². The largest absolute Gasteiger partial charge is 0.394 e. The molecule has 14 nitrogen and oxygen atoms in total. The molecule has 3 aliphatic heterocycles. The molecular weight excluding hydrogens is 394 g/mol. The van der Waals surface area contributed by atoms with Gasteiger partial charge in [-0.1, -0.05) is 4.65 Å². The maximum absolute atomic E-state index is 10.6. The van der Waals surface area contributed by atoms with Crippen molar-refractivity contribution in [1.29, 1.82) is 0 Å². The topological polar surface area (TPSA) is 213 Å². The number of hydroxylamine groups is 2. The first-order valence-electron chi connectivity index (χ1n) is 8.82. The molecule has 9 atom stereocenters. The van der Waals surface area contributed by atoms with Gasteiger partial charge in [0.2, 0.25) is 12.6 Å². The van der Waals surface area contributed by atoms with Crippen LogP contribution in [0.5, 0.6) is 0 Å². The maximum Gasteiger partial charge on any atom is 0.300 e. The van der Waals surface area contributed by atoms with E-state index >= 15 is 0 Å². The lowest BCUT2D eigenvalue weighted by atomic mass is 10.1. The van der Waals surface area contributed by atoms with Crippen LogP contribution in [0.2, 0.25) is 0 Å². The number of hydrogen-bond acceptors (Lipinski definition) is 13. The van der Waals surface area contributed by atoms with E-state index in [2.05, 4.69) is 15.0 Å². The zero-order chi connectivity index (χ0) is 20.9. The molecule has 4 heterocycles. The standard InChI is InChI=1S/C15H22N5O9/c16-12-7-13(18-3-17-12)20(4-19-7,14-10(25)8(23)5(1-21)27-14)29-15-11(26)9(24)6(2-22)28-15/h3-6,8-11,14-15,21-26H,1-2H2,(H2,16,17,18)/q+1/t5-,6-,8-,9-,10-,11+,14-,15+,20?/m1/s1. The lowest BCUT2D eigenvalue weighted by molar-refractivity contribution is -0.300. The summed E-state index contributed by atoms with van der Waals surface area (Å²) in [5, 5.41) is 59.7. The van der Waals surface area contributed by atoms with Crippen LogP contribution in [0.3, 0.4) is 0 Å². The average molecular weight is 416 g/mol. The molecule has 0 aliphatic carbocycles. The summed E-state index contributed by atoms with van der Waals surface area (Å²) in [4.78, 5) is 17.9. The van der Waals surface area contributed by atoms with Crippen LogP contribution in [-0.4, -0.2) is 109 Å². The molecule has 2 fully saturated rings. The Hall–Kier alpha value is -1.85. The van der Waals surface area contributed by atoms with Crippen LogP contribution in [0.1, 0.15) is 0 Å². The molecule has 0 amide bonds. The van der Waals surface area contributed by atoms with Gasteiger partial charge in [-0.3, -0.25) is 0 Å². The fraction of sp³-hybridized carbons (Fsp3) is 0.667. The SMILES string of the molecule is Nc1ncnc2c1N=C[N+]2(O[C@@H]1O[C@H](CO)[C@@H](O)[C@@H]1O)[C@@H]1O[C@H](CO)[C@@H](O)[C@H]1O. The Morgan fingerprint density at radius 1 is 0.966 bits per heavy atom. The van der Waals surface area contributed by atoms with Crippen LogP contribution >= 0.6 is 0 Å². The Morgan fingerprint density at radius 2 is 1.62 bits per heavy atom. The highest BCUT2D eigenvalue weighted by Gasteiger charge is 2.62.